The number of rotatable bonds is 5. The Morgan fingerprint density at radius 2 is 2.11 bits per heavy atom. The summed E-state index contributed by atoms with van der Waals surface area (Å²) >= 11 is 5.75. The number of carbonyl (C=O) groups excluding carboxylic acids is 1. The highest BCUT2D eigenvalue weighted by atomic mass is 35.5. The van der Waals surface area contributed by atoms with E-state index in [1.807, 2.05) is 0 Å². The minimum absolute atomic E-state index is 0.152. The third-order valence-corrected chi connectivity index (χ3v) is 3.54. The molecule has 0 bridgehead atoms. The molecule has 1 fully saturated rings. The highest BCUT2D eigenvalue weighted by Crippen LogP contribution is 2.08. The quantitative estimate of drug-likeness (QED) is 0.666. The molecular weight excluding hydrogens is 262 g/mol. The van der Waals surface area contributed by atoms with Gasteiger partial charge in [-0.15, -0.1) is 0 Å². The van der Waals surface area contributed by atoms with E-state index in [-0.39, 0.29) is 5.91 Å². The first-order valence-corrected chi connectivity index (χ1v) is 7.26. The van der Waals surface area contributed by atoms with Gasteiger partial charge in [-0.3, -0.25) is 4.79 Å². The van der Waals surface area contributed by atoms with Crippen molar-refractivity contribution in [1.82, 2.24) is 15.2 Å². The normalized spacial score (nSPS) is 16.3. The molecule has 2 rings (SSSR count). The third-order valence-electron chi connectivity index (χ3n) is 3.33. The van der Waals surface area contributed by atoms with Crippen LogP contribution in [-0.2, 0) is 0 Å². The molecule has 0 unspecified atom stereocenters. The molecule has 2 heterocycles. The Morgan fingerprint density at radius 1 is 1.32 bits per heavy atom. The summed E-state index contributed by atoms with van der Waals surface area (Å²) in [7, 11) is 0. The van der Waals surface area contributed by atoms with Crippen molar-refractivity contribution in [3.8, 4) is 0 Å². The van der Waals surface area contributed by atoms with Crippen LogP contribution >= 0.6 is 11.6 Å². The Hall–Kier alpha value is -1.13. The zero-order chi connectivity index (χ0) is 13.5. The number of likely N-dealkylation sites (tertiary alicyclic amines) is 1. The largest absolute Gasteiger partial charge is 0.351 e. The summed E-state index contributed by atoms with van der Waals surface area (Å²) in [5.41, 5.74) is 0.380. The maximum absolute atomic E-state index is 11.8. The van der Waals surface area contributed by atoms with E-state index in [9.17, 15) is 4.79 Å². The van der Waals surface area contributed by atoms with Crippen LogP contribution in [0.4, 0.5) is 0 Å². The van der Waals surface area contributed by atoms with Gasteiger partial charge in [-0.2, -0.15) is 0 Å². The molecule has 1 aliphatic heterocycles. The van der Waals surface area contributed by atoms with Crippen molar-refractivity contribution >= 4 is 17.5 Å². The van der Waals surface area contributed by atoms with E-state index in [1.165, 1.54) is 32.4 Å². The molecule has 1 aromatic heterocycles. The number of nitrogens with one attached hydrogen (secondary N) is 1. The predicted octanol–water partition coefficient (Wildman–Crippen LogP) is 2.34. The summed E-state index contributed by atoms with van der Waals surface area (Å²) < 4.78 is 0. The first-order valence-electron chi connectivity index (χ1n) is 6.89. The van der Waals surface area contributed by atoms with Crippen LogP contribution < -0.4 is 5.32 Å². The smallest absolute Gasteiger partial charge is 0.269 e. The summed E-state index contributed by atoms with van der Waals surface area (Å²) in [6.45, 7) is 4.14. The van der Waals surface area contributed by atoms with Gasteiger partial charge in [0.1, 0.15) is 10.8 Å². The minimum Gasteiger partial charge on any atom is -0.351 e. The number of hydrogen-bond donors (Lipinski definition) is 1. The number of halogens is 1. The first kappa shape index (κ1) is 14.3. The van der Waals surface area contributed by atoms with E-state index in [0.29, 0.717) is 17.4 Å². The van der Waals surface area contributed by atoms with E-state index in [2.05, 4.69) is 15.2 Å². The zero-order valence-corrected chi connectivity index (χ0v) is 11.8. The number of amides is 1. The molecular formula is C14H20ClN3O. The number of aromatic nitrogens is 1. The lowest BCUT2D eigenvalue weighted by Gasteiger charge is -2.26. The molecule has 0 saturated carbocycles. The topological polar surface area (TPSA) is 45.2 Å². The molecule has 4 nitrogen and oxygen atoms in total. The van der Waals surface area contributed by atoms with Gasteiger partial charge in [0, 0.05) is 6.54 Å². The van der Waals surface area contributed by atoms with Gasteiger partial charge in [-0.1, -0.05) is 24.1 Å². The van der Waals surface area contributed by atoms with Crippen LogP contribution in [0.25, 0.3) is 0 Å². The molecule has 0 atom stereocenters. The maximum Gasteiger partial charge on any atom is 0.269 e. The SMILES string of the molecule is O=C(NCCCN1CCCCC1)c1cccc(Cl)n1. The van der Waals surface area contributed by atoms with Crippen LogP contribution in [0.15, 0.2) is 18.2 Å². The van der Waals surface area contributed by atoms with Gasteiger partial charge >= 0.3 is 0 Å². The molecule has 104 valence electrons. The van der Waals surface area contributed by atoms with Gasteiger partial charge in [-0.05, 0) is 51.0 Å². The molecule has 1 amide bonds. The van der Waals surface area contributed by atoms with E-state index in [4.69, 9.17) is 11.6 Å². The third kappa shape index (κ3) is 4.80. The fourth-order valence-electron chi connectivity index (χ4n) is 2.31. The van der Waals surface area contributed by atoms with Gasteiger partial charge < -0.3 is 10.2 Å². The lowest BCUT2D eigenvalue weighted by Crippen LogP contribution is -2.33. The van der Waals surface area contributed by atoms with Crippen molar-refractivity contribution in [3.63, 3.8) is 0 Å². The second-order valence-electron chi connectivity index (χ2n) is 4.86. The van der Waals surface area contributed by atoms with Crippen molar-refractivity contribution in [2.24, 2.45) is 0 Å². The molecule has 0 aromatic carbocycles. The molecule has 1 aromatic rings. The Balaban J connectivity index is 1.66. The van der Waals surface area contributed by atoms with Crippen molar-refractivity contribution in [2.75, 3.05) is 26.2 Å². The second-order valence-corrected chi connectivity index (χ2v) is 5.24. The molecule has 0 spiro atoms. The number of piperidine rings is 1. The number of nitrogens with zero attached hydrogens (tertiary/aromatic N) is 2. The van der Waals surface area contributed by atoms with Gasteiger partial charge in [0.15, 0.2) is 0 Å². The summed E-state index contributed by atoms with van der Waals surface area (Å²) in [5.74, 6) is -0.152. The Bertz CT molecular complexity index is 419. The highest BCUT2D eigenvalue weighted by molar-refractivity contribution is 6.29. The van der Waals surface area contributed by atoms with Gasteiger partial charge in [0.05, 0.1) is 0 Å². The summed E-state index contributed by atoms with van der Waals surface area (Å²) in [6, 6.07) is 5.07. The number of carbonyl (C=O) groups is 1. The zero-order valence-electron chi connectivity index (χ0n) is 11.1. The fourth-order valence-corrected chi connectivity index (χ4v) is 2.48. The molecule has 1 saturated heterocycles. The average Bonchev–Trinajstić information content (AvgIpc) is 2.44. The first-order chi connectivity index (χ1) is 9.25. The molecule has 0 aliphatic carbocycles. The van der Waals surface area contributed by atoms with Crippen LogP contribution in [0.3, 0.4) is 0 Å². The van der Waals surface area contributed by atoms with Crippen LogP contribution in [0.1, 0.15) is 36.2 Å². The van der Waals surface area contributed by atoms with Crippen molar-refractivity contribution < 1.29 is 4.79 Å². The Labute approximate surface area is 119 Å². The Kier molecular flexibility index (Phi) is 5.61. The monoisotopic (exact) mass is 281 g/mol. The minimum atomic E-state index is -0.152. The predicted molar refractivity (Wildman–Crippen MR) is 76.5 cm³/mol. The summed E-state index contributed by atoms with van der Waals surface area (Å²) in [6.07, 6.45) is 4.94. The van der Waals surface area contributed by atoms with E-state index in [0.717, 1.165) is 13.0 Å². The van der Waals surface area contributed by atoms with Crippen LogP contribution in [0.2, 0.25) is 5.15 Å². The van der Waals surface area contributed by atoms with Gasteiger partial charge in [-0.25, -0.2) is 4.98 Å². The van der Waals surface area contributed by atoms with E-state index < -0.39 is 0 Å². The van der Waals surface area contributed by atoms with Crippen molar-refractivity contribution in [1.29, 1.82) is 0 Å². The summed E-state index contributed by atoms with van der Waals surface area (Å²) in [5, 5.41) is 3.23. The lowest BCUT2D eigenvalue weighted by molar-refractivity contribution is 0.0946. The van der Waals surface area contributed by atoms with Crippen molar-refractivity contribution in [3.05, 3.63) is 29.0 Å². The van der Waals surface area contributed by atoms with Crippen molar-refractivity contribution in [2.45, 2.75) is 25.7 Å². The average molecular weight is 282 g/mol. The van der Waals surface area contributed by atoms with E-state index >= 15 is 0 Å². The molecule has 1 aliphatic rings. The van der Waals surface area contributed by atoms with Crippen LogP contribution in [0.5, 0.6) is 0 Å². The highest BCUT2D eigenvalue weighted by Gasteiger charge is 2.10. The fraction of sp³-hybridized carbons (Fsp3) is 0.571. The number of pyridine rings is 1. The number of hydrogen-bond acceptors (Lipinski definition) is 3. The van der Waals surface area contributed by atoms with Gasteiger partial charge in [0.25, 0.3) is 5.91 Å². The standard InChI is InChI=1S/C14H20ClN3O/c15-13-7-4-6-12(17-13)14(19)16-8-5-11-18-9-2-1-3-10-18/h4,6-7H,1-3,5,8-11H2,(H,16,19). The molecule has 5 heteroatoms. The molecule has 1 N–H and O–H groups in total. The Morgan fingerprint density at radius 3 is 2.84 bits per heavy atom. The molecule has 19 heavy (non-hydrogen) atoms. The van der Waals surface area contributed by atoms with E-state index in [1.54, 1.807) is 18.2 Å². The van der Waals surface area contributed by atoms with Crippen LogP contribution in [-0.4, -0.2) is 42.0 Å². The maximum atomic E-state index is 11.8. The molecule has 0 radical (unpaired) electrons. The van der Waals surface area contributed by atoms with Gasteiger partial charge in [0.2, 0.25) is 0 Å². The lowest BCUT2D eigenvalue weighted by atomic mass is 10.1. The van der Waals surface area contributed by atoms with Crippen LogP contribution in [0, 0.1) is 0 Å². The second kappa shape index (κ2) is 7.46. The summed E-state index contributed by atoms with van der Waals surface area (Å²) in [4.78, 5) is 18.3.